The van der Waals surface area contributed by atoms with Crippen molar-refractivity contribution >= 4 is 12.0 Å². The lowest BCUT2D eigenvalue weighted by Gasteiger charge is -2.07. The van der Waals surface area contributed by atoms with Crippen molar-refractivity contribution in [3.05, 3.63) is 41.5 Å². The van der Waals surface area contributed by atoms with Gasteiger partial charge in [0.1, 0.15) is 6.61 Å². The molecule has 1 aliphatic rings. The summed E-state index contributed by atoms with van der Waals surface area (Å²) in [5.41, 5.74) is 2.13. The minimum Gasteiger partial charge on any atom is -0.475 e. The van der Waals surface area contributed by atoms with Crippen LogP contribution in [0.3, 0.4) is 0 Å². The van der Waals surface area contributed by atoms with Crippen LogP contribution in [0.2, 0.25) is 0 Å². The smallest absolute Gasteiger partial charge is 0.217 e. The van der Waals surface area contributed by atoms with E-state index < -0.39 is 0 Å². The van der Waals surface area contributed by atoms with Crippen LogP contribution in [0.1, 0.15) is 31.9 Å². The maximum atomic E-state index is 5.66. The van der Waals surface area contributed by atoms with Crippen molar-refractivity contribution in [1.82, 2.24) is 0 Å². The summed E-state index contributed by atoms with van der Waals surface area (Å²) in [5, 5.41) is 0. The van der Waals surface area contributed by atoms with E-state index in [1.54, 1.807) is 0 Å². The van der Waals surface area contributed by atoms with Gasteiger partial charge in [-0.2, -0.15) is 0 Å². The molecule has 2 heteroatoms. The molecule has 0 bridgehead atoms. The molecule has 1 aliphatic heterocycles. The highest BCUT2D eigenvalue weighted by Crippen LogP contribution is 2.22. The number of nitrogens with zero attached hydrogens (tertiary/aromatic N) is 1. The Labute approximate surface area is 96.7 Å². The fourth-order valence-electron chi connectivity index (χ4n) is 1.74. The third-order valence-corrected chi connectivity index (χ3v) is 2.50. The number of allylic oxidation sites excluding steroid dienone is 1. The lowest BCUT2D eigenvalue weighted by atomic mass is 10.1. The zero-order valence-corrected chi connectivity index (χ0v) is 10.0. The number of hydrogen-bond donors (Lipinski definition) is 0. The van der Waals surface area contributed by atoms with Crippen LogP contribution in [0.4, 0.5) is 0 Å². The van der Waals surface area contributed by atoms with Crippen molar-refractivity contribution in [2.45, 2.75) is 26.3 Å². The van der Waals surface area contributed by atoms with Crippen molar-refractivity contribution in [1.29, 1.82) is 0 Å². The number of rotatable bonds is 2. The zero-order valence-electron chi connectivity index (χ0n) is 10.0. The number of hydrogen-bond acceptors (Lipinski definition) is 2. The monoisotopic (exact) mass is 215 g/mol. The molecule has 0 saturated carbocycles. The molecule has 0 atom stereocenters. The summed E-state index contributed by atoms with van der Waals surface area (Å²) in [4.78, 5) is 4.59. The largest absolute Gasteiger partial charge is 0.475 e. The molecule has 2 nitrogen and oxygen atoms in total. The molecule has 0 unspecified atom stereocenters. The highest BCUT2D eigenvalue weighted by molar-refractivity contribution is 5.98. The molecule has 0 amide bonds. The molecule has 84 valence electrons. The van der Waals surface area contributed by atoms with Gasteiger partial charge in [-0.05, 0) is 32.4 Å². The lowest BCUT2D eigenvalue weighted by molar-refractivity contribution is 0.279. The van der Waals surface area contributed by atoms with E-state index in [2.05, 4.69) is 37.0 Å². The van der Waals surface area contributed by atoms with Gasteiger partial charge in [0.05, 0.1) is 5.54 Å². The van der Waals surface area contributed by atoms with Crippen LogP contribution in [0, 0.1) is 0 Å². The van der Waals surface area contributed by atoms with E-state index in [0.29, 0.717) is 6.61 Å². The summed E-state index contributed by atoms with van der Waals surface area (Å²) in [6.45, 7) is 6.83. The summed E-state index contributed by atoms with van der Waals surface area (Å²) in [5.74, 6) is 0.763. The predicted octanol–water partition coefficient (Wildman–Crippen LogP) is 3.28. The van der Waals surface area contributed by atoms with E-state index in [9.17, 15) is 0 Å². The van der Waals surface area contributed by atoms with Gasteiger partial charge in [0.2, 0.25) is 5.90 Å². The average Bonchev–Trinajstić information content (AvgIpc) is 2.60. The molecule has 0 spiro atoms. The molecule has 0 N–H and O–H groups in total. The van der Waals surface area contributed by atoms with Crippen LogP contribution >= 0.6 is 0 Å². The molecular weight excluding hydrogens is 198 g/mol. The van der Waals surface area contributed by atoms with Crippen molar-refractivity contribution < 1.29 is 4.74 Å². The third-order valence-electron chi connectivity index (χ3n) is 2.50. The maximum Gasteiger partial charge on any atom is 0.217 e. The Kier molecular flexibility index (Phi) is 2.82. The second-order valence-corrected chi connectivity index (χ2v) is 4.61. The quantitative estimate of drug-likeness (QED) is 0.742. The topological polar surface area (TPSA) is 21.6 Å². The standard InChI is InChI=1S/C14H17NO/c1-4-7-11-8-5-6-9-12(11)13-15-14(2,3)10-16-13/h4-9H,10H2,1-3H3/b7-4+. The summed E-state index contributed by atoms with van der Waals surface area (Å²) in [6.07, 6.45) is 4.10. The second kappa shape index (κ2) is 4.12. The second-order valence-electron chi connectivity index (χ2n) is 4.61. The molecule has 0 saturated heterocycles. The maximum absolute atomic E-state index is 5.66. The van der Waals surface area contributed by atoms with E-state index in [4.69, 9.17) is 4.74 Å². The molecule has 0 aromatic heterocycles. The van der Waals surface area contributed by atoms with Crippen molar-refractivity contribution in [3.63, 3.8) is 0 Å². The average molecular weight is 215 g/mol. The highest BCUT2D eigenvalue weighted by Gasteiger charge is 2.27. The van der Waals surface area contributed by atoms with Crippen molar-refractivity contribution in [3.8, 4) is 0 Å². The molecule has 1 aromatic rings. The first-order valence-corrected chi connectivity index (χ1v) is 5.57. The third kappa shape index (κ3) is 2.16. The van der Waals surface area contributed by atoms with Gasteiger partial charge in [-0.1, -0.05) is 30.4 Å². The normalized spacial score (nSPS) is 18.6. The molecule has 0 fully saturated rings. The van der Waals surface area contributed by atoms with Gasteiger partial charge in [0.15, 0.2) is 0 Å². The van der Waals surface area contributed by atoms with Crippen LogP contribution in [0.25, 0.3) is 6.08 Å². The number of aliphatic imine (C=N–C) groups is 1. The Bertz CT molecular complexity index is 444. The molecule has 0 aliphatic carbocycles. The lowest BCUT2D eigenvalue weighted by Crippen LogP contribution is -2.17. The Morgan fingerprint density at radius 1 is 1.31 bits per heavy atom. The van der Waals surface area contributed by atoms with Crippen LogP contribution < -0.4 is 0 Å². The van der Waals surface area contributed by atoms with Crippen LogP contribution in [-0.4, -0.2) is 18.0 Å². The van der Waals surface area contributed by atoms with Gasteiger partial charge in [-0.25, -0.2) is 4.99 Å². The number of ether oxygens (including phenoxy) is 1. The molecule has 1 aromatic carbocycles. The van der Waals surface area contributed by atoms with Gasteiger partial charge < -0.3 is 4.74 Å². The molecular formula is C14H17NO. The van der Waals surface area contributed by atoms with Crippen molar-refractivity contribution in [2.24, 2.45) is 4.99 Å². The van der Waals surface area contributed by atoms with E-state index in [-0.39, 0.29) is 5.54 Å². The minimum absolute atomic E-state index is 0.0988. The van der Waals surface area contributed by atoms with Gasteiger partial charge in [0, 0.05) is 5.56 Å². The van der Waals surface area contributed by atoms with E-state index in [0.717, 1.165) is 17.0 Å². The van der Waals surface area contributed by atoms with Crippen molar-refractivity contribution in [2.75, 3.05) is 6.61 Å². The van der Waals surface area contributed by atoms with Crippen LogP contribution in [0.15, 0.2) is 35.3 Å². The Hall–Kier alpha value is -1.57. The first-order chi connectivity index (χ1) is 7.62. The van der Waals surface area contributed by atoms with E-state index in [1.165, 1.54) is 0 Å². The summed E-state index contributed by atoms with van der Waals surface area (Å²) < 4.78 is 5.66. The predicted molar refractivity (Wildman–Crippen MR) is 67.7 cm³/mol. The number of benzene rings is 1. The van der Waals surface area contributed by atoms with Crippen LogP contribution in [-0.2, 0) is 4.74 Å². The first kappa shape index (κ1) is 10.9. The molecule has 0 radical (unpaired) electrons. The summed E-state index contributed by atoms with van der Waals surface area (Å²) in [6, 6.07) is 8.17. The fourth-order valence-corrected chi connectivity index (χ4v) is 1.74. The first-order valence-electron chi connectivity index (χ1n) is 5.57. The molecule has 16 heavy (non-hydrogen) atoms. The van der Waals surface area contributed by atoms with Crippen LogP contribution in [0.5, 0.6) is 0 Å². The van der Waals surface area contributed by atoms with Gasteiger partial charge in [-0.15, -0.1) is 0 Å². The van der Waals surface area contributed by atoms with Gasteiger partial charge in [0.25, 0.3) is 0 Å². The van der Waals surface area contributed by atoms with E-state index in [1.807, 2.05) is 25.1 Å². The molecule has 1 heterocycles. The zero-order chi connectivity index (χ0) is 11.6. The van der Waals surface area contributed by atoms with Gasteiger partial charge in [-0.3, -0.25) is 0 Å². The summed E-state index contributed by atoms with van der Waals surface area (Å²) >= 11 is 0. The summed E-state index contributed by atoms with van der Waals surface area (Å²) in [7, 11) is 0. The minimum atomic E-state index is -0.0988. The Balaban J connectivity index is 2.41. The highest BCUT2D eigenvalue weighted by atomic mass is 16.5. The Morgan fingerprint density at radius 3 is 2.69 bits per heavy atom. The Morgan fingerprint density at radius 2 is 2.06 bits per heavy atom. The fraction of sp³-hybridized carbons (Fsp3) is 0.357. The SMILES string of the molecule is C/C=C/c1ccccc1C1=NC(C)(C)CO1. The van der Waals surface area contributed by atoms with E-state index >= 15 is 0 Å². The van der Waals surface area contributed by atoms with Gasteiger partial charge >= 0.3 is 0 Å². The molecule has 2 rings (SSSR count).